The summed E-state index contributed by atoms with van der Waals surface area (Å²) in [4.78, 5) is 21.9. The lowest BCUT2D eigenvalue weighted by atomic mass is 10.2. The van der Waals surface area contributed by atoms with Gasteiger partial charge in [-0.05, 0) is 24.3 Å². The number of nitrogens with one attached hydrogen (secondary N) is 2. The summed E-state index contributed by atoms with van der Waals surface area (Å²) in [7, 11) is 0. The topological polar surface area (TPSA) is 78.4 Å². The van der Waals surface area contributed by atoms with E-state index in [-0.39, 0.29) is 18.0 Å². The molecule has 0 spiro atoms. The number of benzene rings is 1. The number of terminal acetylenes is 1. The summed E-state index contributed by atoms with van der Waals surface area (Å²) in [5.41, 5.74) is 0.718. The van der Waals surface area contributed by atoms with E-state index < -0.39 is 5.97 Å². The van der Waals surface area contributed by atoms with Gasteiger partial charge in [-0.15, -0.1) is 6.42 Å². The summed E-state index contributed by atoms with van der Waals surface area (Å²) in [5.74, 6) is 1.12. The molecule has 5 nitrogen and oxygen atoms in total. The Hall–Kier alpha value is -2.32. The van der Waals surface area contributed by atoms with E-state index in [4.69, 9.17) is 11.5 Å². The maximum absolute atomic E-state index is 11.3. The molecule has 0 saturated carbocycles. The van der Waals surface area contributed by atoms with Gasteiger partial charge in [0.2, 0.25) is 5.91 Å². The molecule has 0 aliphatic rings. The van der Waals surface area contributed by atoms with Crippen molar-refractivity contribution in [3.63, 3.8) is 0 Å². The van der Waals surface area contributed by atoms with Gasteiger partial charge in [0.25, 0.3) is 0 Å². The van der Waals surface area contributed by atoms with E-state index in [2.05, 4.69) is 16.6 Å². The number of hydrogen-bond acceptors (Lipinski definition) is 3. The summed E-state index contributed by atoms with van der Waals surface area (Å²) in [6.45, 7) is 0.441. The van der Waals surface area contributed by atoms with E-state index in [1.165, 1.54) is 24.3 Å². The molecule has 1 aromatic rings. The Labute approximate surface area is 98.8 Å². The number of rotatable bonds is 5. The molecule has 5 heteroatoms. The molecule has 0 aliphatic carbocycles. The van der Waals surface area contributed by atoms with Crippen molar-refractivity contribution in [2.75, 3.05) is 18.4 Å². The summed E-state index contributed by atoms with van der Waals surface area (Å²) in [5, 5.41) is 14.0. The second-order valence-electron chi connectivity index (χ2n) is 3.24. The zero-order valence-electron chi connectivity index (χ0n) is 9.06. The van der Waals surface area contributed by atoms with Gasteiger partial charge in [0, 0.05) is 5.69 Å². The number of carbonyl (C=O) groups is 2. The van der Waals surface area contributed by atoms with Crippen molar-refractivity contribution in [1.29, 1.82) is 0 Å². The Kier molecular flexibility index (Phi) is 4.73. The van der Waals surface area contributed by atoms with Gasteiger partial charge in [0.05, 0.1) is 18.7 Å². The average molecular weight is 232 g/mol. The van der Waals surface area contributed by atoms with Crippen LogP contribution in [-0.2, 0) is 4.79 Å². The molecule has 3 N–H and O–H groups in total. The Balaban J connectivity index is 2.49. The van der Waals surface area contributed by atoms with Crippen LogP contribution in [0.2, 0.25) is 0 Å². The highest BCUT2D eigenvalue weighted by molar-refractivity contribution is 5.93. The van der Waals surface area contributed by atoms with Crippen LogP contribution in [0.25, 0.3) is 0 Å². The first-order chi connectivity index (χ1) is 8.13. The predicted octanol–water partition coefficient (Wildman–Crippen LogP) is 0.546. The van der Waals surface area contributed by atoms with Gasteiger partial charge in [-0.2, -0.15) is 0 Å². The minimum absolute atomic E-state index is 0.116. The van der Waals surface area contributed by atoms with Crippen molar-refractivity contribution >= 4 is 17.6 Å². The number of carbonyl (C=O) groups excluding carboxylic acids is 1. The molecule has 0 radical (unpaired) electrons. The molecule has 0 aromatic heterocycles. The molecule has 88 valence electrons. The first-order valence-electron chi connectivity index (χ1n) is 4.91. The monoisotopic (exact) mass is 232 g/mol. The number of carboxylic acids is 1. The largest absolute Gasteiger partial charge is 0.478 e. The lowest BCUT2D eigenvalue weighted by Crippen LogP contribution is -2.28. The number of aromatic carboxylic acids is 1. The standard InChI is InChI=1S/C12H12N2O3/c1-2-7-13-8-11(15)14-10-5-3-9(4-6-10)12(16)17/h1,3-6,13H,7-8H2,(H,14,15)(H,16,17). The number of anilines is 1. The van der Waals surface area contributed by atoms with Crippen LogP contribution in [0.1, 0.15) is 10.4 Å². The van der Waals surface area contributed by atoms with Crippen LogP contribution in [0.15, 0.2) is 24.3 Å². The molecule has 0 saturated heterocycles. The second kappa shape index (κ2) is 6.30. The fourth-order valence-electron chi connectivity index (χ4n) is 1.15. The quantitative estimate of drug-likeness (QED) is 0.511. The lowest BCUT2D eigenvalue weighted by molar-refractivity contribution is -0.115. The summed E-state index contributed by atoms with van der Waals surface area (Å²) in [6, 6.07) is 5.91. The molecule has 0 bridgehead atoms. The molecule has 0 atom stereocenters. The highest BCUT2D eigenvalue weighted by atomic mass is 16.4. The Bertz CT molecular complexity index is 446. The van der Waals surface area contributed by atoms with E-state index in [1.54, 1.807) is 0 Å². The SMILES string of the molecule is C#CCNCC(=O)Nc1ccc(C(=O)O)cc1. The summed E-state index contributed by atoms with van der Waals surface area (Å²) >= 11 is 0. The van der Waals surface area contributed by atoms with Crippen LogP contribution in [0, 0.1) is 12.3 Å². The first kappa shape index (κ1) is 12.7. The molecule has 0 heterocycles. The molecular weight excluding hydrogens is 220 g/mol. The Morgan fingerprint density at radius 1 is 1.29 bits per heavy atom. The fourth-order valence-corrected chi connectivity index (χ4v) is 1.15. The van der Waals surface area contributed by atoms with Crippen LogP contribution in [0.5, 0.6) is 0 Å². The normalized spacial score (nSPS) is 9.35. The first-order valence-corrected chi connectivity index (χ1v) is 4.91. The van der Waals surface area contributed by atoms with Gasteiger partial charge >= 0.3 is 5.97 Å². The van der Waals surface area contributed by atoms with Crippen molar-refractivity contribution < 1.29 is 14.7 Å². The van der Waals surface area contributed by atoms with Crippen LogP contribution in [-0.4, -0.2) is 30.1 Å². The van der Waals surface area contributed by atoms with Gasteiger partial charge in [-0.3, -0.25) is 10.1 Å². The maximum atomic E-state index is 11.3. The minimum atomic E-state index is -1.00. The maximum Gasteiger partial charge on any atom is 0.335 e. The fraction of sp³-hybridized carbons (Fsp3) is 0.167. The predicted molar refractivity (Wildman–Crippen MR) is 63.7 cm³/mol. The molecule has 1 amide bonds. The van der Waals surface area contributed by atoms with Gasteiger partial charge in [-0.1, -0.05) is 5.92 Å². The van der Waals surface area contributed by atoms with E-state index >= 15 is 0 Å². The van der Waals surface area contributed by atoms with E-state index in [0.717, 1.165) is 0 Å². The molecule has 1 aromatic carbocycles. The highest BCUT2D eigenvalue weighted by Gasteiger charge is 2.04. The zero-order valence-corrected chi connectivity index (χ0v) is 9.06. The van der Waals surface area contributed by atoms with Crippen LogP contribution in [0.4, 0.5) is 5.69 Å². The molecule has 0 fully saturated rings. The molecular formula is C12H12N2O3. The van der Waals surface area contributed by atoms with E-state index in [1.807, 2.05) is 0 Å². The summed E-state index contributed by atoms with van der Waals surface area (Å²) < 4.78 is 0. The van der Waals surface area contributed by atoms with Crippen molar-refractivity contribution in [2.24, 2.45) is 0 Å². The van der Waals surface area contributed by atoms with Crippen molar-refractivity contribution in [3.05, 3.63) is 29.8 Å². The van der Waals surface area contributed by atoms with Crippen molar-refractivity contribution in [3.8, 4) is 12.3 Å². The molecule has 0 unspecified atom stereocenters. The van der Waals surface area contributed by atoms with Crippen LogP contribution in [0.3, 0.4) is 0 Å². The smallest absolute Gasteiger partial charge is 0.335 e. The van der Waals surface area contributed by atoms with Gasteiger partial charge in [0.15, 0.2) is 0 Å². The summed E-state index contributed by atoms with van der Waals surface area (Å²) in [6.07, 6.45) is 5.01. The number of hydrogen-bond donors (Lipinski definition) is 3. The van der Waals surface area contributed by atoms with Crippen LogP contribution >= 0.6 is 0 Å². The lowest BCUT2D eigenvalue weighted by Gasteiger charge is -2.05. The Morgan fingerprint density at radius 3 is 2.47 bits per heavy atom. The zero-order chi connectivity index (χ0) is 12.7. The number of carboxylic acid groups (broad SMARTS) is 1. The van der Waals surface area contributed by atoms with Gasteiger partial charge in [0.1, 0.15) is 0 Å². The van der Waals surface area contributed by atoms with Gasteiger partial charge in [-0.25, -0.2) is 4.79 Å². The van der Waals surface area contributed by atoms with E-state index in [9.17, 15) is 9.59 Å². The van der Waals surface area contributed by atoms with Crippen molar-refractivity contribution in [1.82, 2.24) is 5.32 Å². The van der Waals surface area contributed by atoms with Crippen LogP contribution < -0.4 is 10.6 Å². The molecule has 0 aliphatic heterocycles. The molecule has 17 heavy (non-hydrogen) atoms. The third-order valence-corrected chi connectivity index (χ3v) is 1.93. The van der Waals surface area contributed by atoms with Gasteiger partial charge < -0.3 is 10.4 Å². The molecule has 1 rings (SSSR count). The highest BCUT2D eigenvalue weighted by Crippen LogP contribution is 2.09. The second-order valence-corrected chi connectivity index (χ2v) is 3.24. The third-order valence-electron chi connectivity index (χ3n) is 1.93. The Morgan fingerprint density at radius 2 is 1.94 bits per heavy atom. The number of amides is 1. The average Bonchev–Trinajstić information content (AvgIpc) is 2.30. The van der Waals surface area contributed by atoms with E-state index in [0.29, 0.717) is 12.2 Å². The third kappa shape index (κ3) is 4.36. The minimum Gasteiger partial charge on any atom is -0.478 e. The van der Waals surface area contributed by atoms with Crippen molar-refractivity contribution in [2.45, 2.75) is 0 Å².